The fourth-order valence-corrected chi connectivity index (χ4v) is 3.51. The van der Waals surface area contributed by atoms with E-state index in [4.69, 9.17) is 19.9 Å². The second-order valence-electron chi connectivity index (χ2n) is 7.70. The van der Waals surface area contributed by atoms with Crippen molar-refractivity contribution in [3.8, 4) is 17.2 Å². The fourth-order valence-electron chi connectivity index (χ4n) is 3.51. The molecule has 3 N–H and O–H groups in total. The summed E-state index contributed by atoms with van der Waals surface area (Å²) in [6, 6.07) is 10.9. The summed E-state index contributed by atoms with van der Waals surface area (Å²) in [5.41, 5.74) is 7.32. The molecule has 0 bridgehead atoms. The lowest BCUT2D eigenvalue weighted by molar-refractivity contribution is -0.120. The molecule has 2 amide bonds. The number of primary amides is 1. The first-order valence-corrected chi connectivity index (χ1v) is 10.4. The van der Waals surface area contributed by atoms with Crippen molar-refractivity contribution in [2.45, 2.75) is 6.54 Å². The van der Waals surface area contributed by atoms with Gasteiger partial charge in [-0.2, -0.15) is 0 Å². The molecule has 1 fully saturated rings. The Morgan fingerprint density at radius 2 is 1.69 bits per heavy atom. The van der Waals surface area contributed by atoms with Gasteiger partial charge in [-0.3, -0.25) is 14.5 Å². The van der Waals surface area contributed by atoms with Crippen LogP contribution in [0.4, 0.5) is 5.69 Å². The van der Waals surface area contributed by atoms with Gasteiger partial charge in [0.1, 0.15) is 0 Å². The topological polar surface area (TPSA) is 106 Å². The van der Waals surface area contributed by atoms with Crippen LogP contribution in [-0.2, 0) is 11.3 Å². The maximum atomic E-state index is 12.9. The molecule has 1 aliphatic heterocycles. The zero-order valence-corrected chi connectivity index (χ0v) is 18.7. The minimum absolute atomic E-state index is 0.208. The monoisotopic (exact) mass is 442 g/mol. The number of anilines is 1. The summed E-state index contributed by atoms with van der Waals surface area (Å²) in [5.74, 6) is -0.217. The third kappa shape index (κ3) is 6.12. The number of benzene rings is 2. The Morgan fingerprint density at radius 1 is 1.03 bits per heavy atom. The smallest absolute Gasteiger partial charge is 0.255 e. The Labute approximate surface area is 188 Å². The Balaban J connectivity index is 1.73. The van der Waals surface area contributed by atoms with Crippen molar-refractivity contribution in [3.63, 3.8) is 0 Å². The highest BCUT2D eigenvalue weighted by Crippen LogP contribution is 2.38. The van der Waals surface area contributed by atoms with Crippen LogP contribution in [-0.4, -0.2) is 75.7 Å². The van der Waals surface area contributed by atoms with E-state index in [2.05, 4.69) is 28.2 Å². The molecule has 0 radical (unpaired) electrons. The van der Waals surface area contributed by atoms with E-state index in [0.29, 0.717) is 11.3 Å². The third-order valence-electron chi connectivity index (χ3n) is 5.27. The molecule has 2 aromatic rings. The molecular formula is C23H30N4O5. The van der Waals surface area contributed by atoms with E-state index in [1.807, 2.05) is 18.2 Å². The number of nitrogens with two attached hydrogens (primary N) is 1. The standard InChI is InChI=1S/C23H30N4O5/c1-26-7-9-27(10-8-26)14-16-5-4-6-18(11-16)25-23(29)17-12-19(30-2)22(20(13-17)31-3)32-15-21(24)28/h4-6,11-13H,7-10,14-15H2,1-3H3,(H2,24,28)(H,25,29). The second-order valence-corrected chi connectivity index (χ2v) is 7.70. The van der Waals surface area contributed by atoms with E-state index >= 15 is 0 Å². The number of ether oxygens (including phenoxy) is 3. The average molecular weight is 443 g/mol. The normalized spacial score (nSPS) is 14.6. The number of likely N-dealkylation sites (N-methyl/N-ethyl adjacent to an activating group) is 1. The van der Waals surface area contributed by atoms with Crippen molar-refractivity contribution in [2.24, 2.45) is 5.73 Å². The molecule has 0 atom stereocenters. The zero-order valence-electron chi connectivity index (χ0n) is 18.7. The van der Waals surface area contributed by atoms with Crippen LogP contribution in [0.25, 0.3) is 0 Å². The number of carbonyl (C=O) groups excluding carboxylic acids is 2. The van der Waals surface area contributed by atoms with Crippen LogP contribution in [0.2, 0.25) is 0 Å². The zero-order chi connectivity index (χ0) is 23.1. The predicted molar refractivity (Wildman–Crippen MR) is 121 cm³/mol. The molecule has 32 heavy (non-hydrogen) atoms. The molecule has 9 heteroatoms. The Morgan fingerprint density at radius 3 is 2.28 bits per heavy atom. The lowest BCUT2D eigenvalue weighted by Gasteiger charge is -2.32. The van der Waals surface area contributed by atoms with Gasteiger partial charge in [0.25, 0.3) is 11.8 Å². The molecular weight excluding hydrogens is 412 g/mol. The number of rotatable bonds is 9. The van der Waals surface area contributed by atoms with Gasteiger partial charge in [0.05, 0.1) is 14.2 Å². The van der Waals surface area contributed by atoms with Gasteiger partial charge in [-0.25, -0.2) is 0 Å². The molecule has 2 aromatic carbocycles. The van der Waals surface area contributed by atoms with Crippen LogP contribution in [0.3, 0.4) is 0 Å². The summed E-state index contributed by atoms with van der Waals surface area (Å²) in [4.78, 5) is 28.7. The number of hydrogen-bond donors (Lipinski definition) is 2. The summed E-state index contributed by atoms with van der Waals surface area (Å²) < 4.78 is 16.0. The van der Waals surface area contributed by atoms with Gasteiger partial charge >= 0.3 is 0 Å². The highest BCUT2D eigenvalue weighted by molar-refractivity contribution is 6.05. The predicted octanol–water partition coefficient (Wildman–Crippen LogP) is 1.57. The van der Waals surface area contributed by atoms with Gasteiger partial charge in [-0.05, 0) is 36.9 Å². The highest BCUT2D eigenvalue weighted by Gasteiger charge is 2.19. The number of nitrogens with one attached hydrogen (secondary N) is 1. The first-order chi connectivity index (χ1) is 15.4. The summed E-state index contributed by atoms with van der Waals surface area (Å²) >= 11 is 0. The van der Waals surface area contributed by atoms with E-state index in [9.17, 15) is 9.59 Å². The molecule has 0 saturated carbocycles. The fraction of sp³-hybridized carbons (Fsp3) is 0.391. The van der Waals surface area contributed by atoms with E-state index in [-0.39, 0.29) is 29.8 Å². The maximum absolute atomic E-state index is 12.9. The van der Waals surface area contributed by atoms with Crippen molar-refractivity contribution >= 4 is 17.5 Å². The van der Waals surface area contributed by atoms with Crippen molar-refractivity contribution < 1.29 is 23.8 Å². The molecule has 0 spiro atoms. The minimum atomic E-state index is -0.632. The van der Waals surface area contributed by atoms with Crippen LogP contribution < -0.4 is 25.3 Å². The van der Waals surface area contributed by atoms with Crippen molar-refractivity contribution in [2.75, 3.05) is 59.4 Å². The minimum Gasteiger partial charge on any atom is -0.493 e. The van der Waals surface area contributed by atoms with Crippen LogP contribution in [0.15, 0.2) is 36.4 Å². The van der Waals surface area contributed by atoms with E-state index in [1.165, 1.54) is 26.4 Å². The molecule has 9 nitrogen and oxygen atoms in total. The van der Waals surface area contributed by atoms with Crippen molar-refractivity contribution in [1.82, 2.24) is 9.80 Å². The van der Waals surface area contributed by atoms with E-state index in [0.717, 1.165) is 38.3 Å². The molecule has 1 saturated heterocycles. The number of amides is 2. The number of carbonyl (C=O) groups is 2. The van der Waals surface area contributed by atoms with Gasteiger partial charge in [0.2, 0.25) is 5.75 Å². The second kappa shape index (κ2) is 10.8. The van der Waals surface area contributed by atoms with Crippen LogP contribution in [0.5, 0.6) is 17.2 Å². The van der Waals surface area contributed by atoms with Crippen LogP contribution in [0.1, 0.15) is 15.9 Å². The summed E-state index contributed by atoms with van der Waals surface area (Å²) in [7, 11) is 5.01. The third-order valence-corrected chi connectivity index (χ3v) is 5.27. The summed E-state index contributed by atoms with van der Waals surface area (Å²) in [6.07, 6.45) is 0. The van der Waals surface area contributed by atoms with Crippen LogP contribution >= 0.6 is 0 Å². The molecule has 0 unspecified atom stereocenters. The van der Waals surface area contributed by atoms with Gasteiger partial charge in [0, 0.05) is 44.0 Å². The summed E-state index contributed by atoms with van der Waals surface area (Å²) in [5, 5.41) is 2.92. The molecule has 172 valence electrons. The van der Waals surface area contributed by atoms with Gasteiger partial charge in [-0.1, -0.05) is 12.1 Å². The average Bonchev–Trinajstić information content (AvgIpc) is 2.78. The summed E-state index contributed by atoms with van der Waals surface area (Å²) in [6.45, 7) is 4.66. The van der Waals surface area contributed by atoms with Gasteiger partial charge in [0.15, 0.2) is 18.1 Å². The number of nitrogens with zero attached hydrogens (tertiary/aromatic N) is 2. The first-order valence-electron chi connectivity index (χ1n) is 10.4. The molecule has 0 aliphatic carbocycles. The largest absolute Gasteiger partial charge is 0.493 e. The van der Waals surface area contributed by atoms with Gasteiger partial charge in [-0.15, -0.1) is 0 Å². The Hall–Kier alpha value is -3.30. The molecule has 3 rings (SSSR count). The Bertz CT molecular complexity index is 932. The van der Waals surface area contributed by atoms with E-state index < -0.39 is 5.91 Å². The number of piperazine rings is 1. The molecule has 1 heterocycles. The SMILES string of the molecule is COc1cc(C(=O)Nc2cccc(CN3CCN(C)CC3)c2)cc(OC)c1OCC(N)=O. The molecule has 1 aliphatic rings. The number of methoxy groups -OCH3 is 2. The maximum Gasteiger partial charge on any atom is 0.255 e. The van der Waals surface area contributed by atoms with E-state index in [1.54, 1.807) is 0 Å². The van der Waals surface area contributed by atoms with Crippen molar-refractivity contribution in [3.05, 3.63) is 47.5 Å². The lowest BCUT2D eigenvalue weighted by Crippen LogP contribution is -2.43. The van der Waals surface area contributed by atoms with Crippen molar-refractivity contribution in [1.29, 1.82) is 0 Å². The lowest BCUT2D eigenvalue weighted by atomic mass is 10.1. The molecule has 0 aromatic heterocycles. The highest BCUT2D eigenvalue weighted by atomic mass is 16.5. The van der Waals surface area contributed by atoms with Gasteiger partial charge < -0.3 is 30.2 Å². The first kappa shape index (κ1) is 23.4. The Kier molecular flexibility index (Phi) is 7.91. The quantitative estimate of drug-likeness (QED) is 0.607. The van der Waals surface area contributed by atoms with Crippen LogP contribution in [0, 0.1) is 0 Å². The number of hydrogen-bond acceptors (Lipinski definition) is 7.